The molecule has 0 aliphatic carbocycles. The van der Waals surface area contributed by atoms with Crippen molar-refractivity contribution in [3.05, 3.63) is 23.8 Å². The molecule has 1 rings (SSSR count). The number of methoxy groups -OCH3 is 2. The van der Waals surface area contributed by atoms with E-state index in [0.717, 1.165) is 0 Å². The summed E-state index contributed by atoms with van der Waals surface area (Å²) in [6.07, 6.45) is -3.77. The maximum Gasteiger partial charge on any atom is 0.323 e. The average molecular weight is 331 g/mol. The van der Waals surface area contributed by atoms with Gasteiger partial charge in [-0.2, -0.15) is 8.78 Å². The first-order valence-electron chi connectivity index (χ1n) is 4.86. The molecule has 0 aliphatic rings. The highest BCUT2D eigenvalue weighted by atomic mass is 79.9. The number of halogens is 5. The van der Waals surface area contributed by atoms with Crippen LogP contribution in [0.4, 0.5) is 17.6 Å². The average Bonchev–Trinajstić information content (AvgIpc) is 2.36. The van der Waals surface area contributed by atoms with Crippen LogP contribution in [0, 0.1) is 0 Å². The Kier molecular flexibility index (Phi) is 4.84. The van der Waals surface area contributed by atoms with Gasteiger partial charge in [-0.3, -0.25) is 0 Å². The molecule has 0 aromatic heterocycles. The molecule has 1 atom stereocenters. The summed E-state index contributed by atoms with van der Waals surface area (Å²) in [7, 11) is 2.66. The Bertz CT molecular complexity index is 412. The van der Waals surface area contributed by atoms with Crippen LogP contribution in [0.1, 0.15) is 10.4 Å². The van der Waals surface area contributed by atoms with E-state index in [-0.39, 0.29) is 11.3 Å². The Morgan fingerprint density at radius 1 is 1.17 bits per heavy atom. The highest BCUT2D eigenvalue weighted by molar-refractivity contribution is 9.09. The van der Waals surface area contributed by atoms with Gasteiger partial charge >= 0.3 is 12.3 Å². The van der Waals surface area contributed by atoms with E-state index >= 15 is 0 Å². The lowest BCUT2D eigenvalue weighted by Gasteiger charge is -2.23. The van der Waals surface area contributed by atoms with Gasteiger partial charge in [0.05, 0.1) is 14.2 Å². The maximum absolute atomic E-state index is 13.2. The Balaban J connectivity index is 3.16. The van der Waals surface area contributed by atoms with E-state index in [1.54, 1.807) is 0 Å². The predicted molar refractivity (Wildman–Crippen MR) is 62.2 cm³/mol. The molecule has 0 aliphatic heterocycles. The minimum absolute atomic E-state index is 0.0524. The first-order chi connectivity index (χ1) is 8.34. The molecule has 18 heavy (non-hydrogen) atoms. The molecule has 0 radical (unpaired) electrons. The summed E-state index contributed by atoms with van der Waals surface area (Å²) in [4.78, 5) is -1.84. The van der Waals surface area contributed by atoms with Gasteiger partial charge in [-0.15, -0.1) is 0 Å². The second kappa shape index (κ2) is 5.77. The van der Waals surface area contributed by atoms with E-state index in [1.807, 2.05) is 0 Å². The van der Waals surface area contributed by atoms with Crippen molar-refractivity contribution < 1.29 is 27.0 Å². The van der Waals surface area contributed by atoms with E-state index in [9.17, 15) is 17.6 Å². The minimum atomic E-state index is -4.19. The van der Waals surface area contributed by atoms with Gasteiger partial charge < -0.3 is 9.47 Å². The third-order valence-electron chi connectivity index (χ3n) is 2.34. The fourth-order valence-corrected chi connectivity index (χ4v) is 1.92. The van der Waals surface area contributed by atoms with E-state index < -0.39 is 17.2 Å². The summed E-state index contributed by atoms with van der Waals surface area (Å²) in [5, 5.41) is 0. The molecular formula is C11H11BrF4O2. The molecule has 0 fully saturated rings. The van der Waals surface area contributed by atoms with Crippen LogP contribution in [0.15, 0.2) is 18.2 Å². The molecule has 7 heteroatoms. The van der Waals surface area contributed by atoms with Gasteiger partial charge in [0.25, 0.3) is 0 Å². The van der Waals surface area contributed by atoms with Gasteiger partial charge in [-0.05, 0) is 6.07 Å². The first-order valence-corrected chi connectivity index (χ1v) is 5.78. The van der Waals surface area contributed by atoms with Crippen molar-refractivity contribution in [1.82, 2.24) is 0 Å². The molecule has 0 heterocycles. The number of rotatable bonds is 5. The largest absolute Gasteiger partial charge is 0.497 e. The van der Waals surface area contributed by atoms with Crippen molar-refractivity contribution in [3.63, 3.8) is 0 Å². The minimum Gasteiger partial charge on any atom is -0.497 e. The molecule has 0 amide bonds. The Hall–Kier alpha value is -0.980. The molecule has 0 bridgehead atoms. The maximum atomic E-state index is 13.2. The molecule has 1 unspecified atom stereocenters. The summed E-state index contributed by atoms with van der Waals surface area (Å²) in [5.74, 6) is -3.76. The first kappa shape index (κ1) is 15.1. The second-order valence-corrected chi connectivity index (χ2v) is 4.36. The number of hydrogen-bond acceptors (Lipinski definition) is 2. The van der Waals surface area contributed by atoms with E-state index in [0.29, 0.717) is 5.75 Å². The van der Waals surface area contributed by atoms with Crippen LogP contribution in [0.2, 0.25) is 0 Å². The third kappa shape index (κ3) is 2.88. The molecule has 1 aromatic rings. The highest BCUT2D eigenvalue weighted by Crippen LogP contribution is 2.46. The lowest BCUT2D eigenvalue weighted by molar-refractivity contribution is -0.128. The molecular weight excluding hydrogens is 320 g/mol. The number of alkyl halides is 5. The van der Waals surface area contributed by atoms with Gasteiger partial charge in [0.15, 0.2) is 0 Å². The zero-order valence-electron chi connectivity index (χ0n) is 9.59. The van der Waals surface area contributed by atoms with Crippen molar-refractivity contribution in [2.24, 2.45) is 0 Å². The summed E-state index contributed by atoms with van der Waals surface area (Å²) >= 11 is 2.60. The SMILES string of the molecule is COc1ccc(C(Br)C(F)(F)C(F)F)c(OC)c1. The lowest BCUT2D eigenvalue weighted by atomic mass is 10.1. The molecule has 0 saturated heterocycles. The van der Waals surface area contributed by atoms with Gasteiger partial charge in [-0.25, -0.2) is 8.78 Å². The van der Waals surface area contributed by atoms with Crippen LogP contribution in [0.25, 0.3) is 0 Å². The molecule has 2 nitrogen and oxygen atoms in total. The zero-order chi connectivity index (χ0) is 13.9. The summed E-state index contributed by atoms with van der Waals surface area (Å²) in [5.41, 5.74) is -0.0661. The van der Waals surface area contributed by atoms with Gasteiger partial charge in [0, 0.05) is 11.6 Å². The predicted octanol–water partition coefficient (Wildman–Crippen LogP) is 4.04. The van der Waals surface area contributed by atoms with Gasteiger partial charge in [0.1, 0.15) is 16.3 Å². The fourth-order valence-electron chi connectivity index (χ4n) is 1.35. The van der Waals surface area contributed by atoms with Crippen LogP contribution in [-0.2, 0) is 0 Å². The van der Waals surface area contributed by atoms with Crippen molar-refractivity contribution in [1.29, 1.82) is 0 Å². The molecule has 0 spiro atoms. The Labute approximate surface area is 110 Å². The fraction of sp³-hybridized carbons (Fsp3) is 0.455. The van der Waals surface area contributed by atoms with Crippen molar-refractivity contribution in [3.8, 4) is 11.5 Å². The van der Waals surface area contributed by atoms with E-state index in [2.05, 4.69) is 15.9 Å². The lowest BCUT2D eigenvalue weighted by Crippen LogP contribution is -2.31. The molecule has 102 valence electrons. The zero-order valence-corrected chi connectivity index (χ0v) is 11.2. The Morgan fingerprint density at radius 2 is 1.78 bits per heavy atom. The van der Waals surface area contributed by atoms with Crippen LogP contribution >= 0.6 is 15.9 Å². The summed E-state index contributed by atoms with van der Waals surface area (Å²) < 4.78 is 60.8. The van der Waals surface area contributed by atoms with Crippen molar-refractivity contribution >= 4 is 15.9 Å². The molecule has 1 aromatic carbocycles. The highest BCUT2D eigenvalue weighted by Gasteiger charge is 2.49. The Morgan fingerprint density at radius 3 is 2.22 bits per heavy atom. The van der Waals surface area contributed by atoms with Crippen LogP contribution < -0.4 is 9.47 Å². The van der Waals surface area contributed by atoms with Gasteiger partial charge in [-0.1, -0.05) is 22.0 Å². The molecule has 0 N–H and O–H groups in total. The van der Waals surface area contributed by atoms with Crippen LogP contribution in [0.3, 0.4) is 0 Å². The topological polar surface area (TPSA) is 18.5 Å². The van der Waals surface area contributed by atoms with Crippen LogP contribution in [0.5, 0.6) is 11.5 Å². The van der Waals surface area contributed by atoms with E-state index in [1.165, 1.54) is 32.4 Å². The quantitative estimate of drug-likeness (QED) is 0.599. The smallest absolute Gasteiger partial charge is 0.323 e. The van der Waals surface area contributed by atoms with E-state index in [4.69, 9.17) is 9.47 Å². The third-order valence-corrected chi connectivity index (χ3v) is 3.45. The summed E-state index contributed by atoms with van der Waals surface area (Å²) in [6, 6.07) is 4.01. The second-order valence-electron chi connectivity index (χ2n) is 3.45. The number of hydrogen-bond donors (Lipinski definition) is 0. The van der Waals surface area contributed by atoms with Gasteiger partial charge in [0.2, 0.25) is 0 Å². The van der Waals surface area contributed by atoms with Crippen molar-refractivity contribution in [2.75, 3.05) is 14.2 Å². The standard InChI is InChI=1S/C11H11BrF4O2/c1-17-6-3-4-7(8(5-6)18-2)9(12)11(15,16)10(13)14/h3-5,9-10H,1-2H3. The molecule has 0 saturated carbocycles. The number of benzene rings is 1. The monoisotopic (exact) mass is 330 g/mol. The normalized spacial score (nSPS) is 13.6. The van der Waals surface area contributed by atoms with Crippen LogP contribution in [-0.4, -0.2) is 26.6 Å². The van der Waals surface area contributed by atoms with Crippen molar-refractivity contribution in [2.45, 2.75) is 17.2 Å². The number of ether oxygens (including phenoxy) is 2. The summed E-state index contributed by atoms with van der Waals surface area (Å²) in [6.45, 7) is 0.